The van der Waals surface area contributed by atoms with Crippen LogP contribution in [0.4, 0.5) is 0 Å². The fourth-order valence-corrected chi connectivity index (χ4v) is 48.6. The first-order valence-corrected chi connectivity index (χ1v) is 26.2. The first-order chi connectivity index (χ1) is 7.20. The van der Waals surface area contributed by atoms with Crippen molar-refractivity contribution in [3.63, 3.8) is 0 Å². The van der Waals surface area contributed by atoms with Crippen molar-refractivity contribution in [2.75, 3.05) is 0 Å². The molecule has 0 radical (unpaired) electrons. The SMILES string of the molecule is CC1=[C]([Hf+2]([C]2=CC=CC2)[GeH]([CH3])[CH3])CC=C1.[Cl-].[Cl-]. The molecule has 0 atom stereocenters. The summed E-state index contributed by atoms with van der Waals surface area (Å²) in [5.74, 6) is 5.24. The van der Waals surface area contributed by atoms with Crippen LogP contribution in [0.2, 0.25) is 11.5 Å². The molecular formula is C13H19Cl2GeHf. The van der Waals surface area contributed by atoms with Gasteiger partial charge in [-0.15, -0.1) is 0 Å². The van der Waals surface area contributed by atoms with Crippen molar-refractivity contribution in [3.8, 4) is 0 Å². The van der Waals surface area contributed by atoms with E-state index in [1.807, 2.05) is 6.66 Å². The van der Waals surface area contributed by atoms with Crippen LogP contribution < -0.4 is 24.8 Å². The molecule has 0 amide bonds. The Morgan fingerprint density at radius 2 is 1.82 bits per heavy atom. The van der Waals surface area contributed by atoms with Gasteiger partial charge in [0.25, 0.3) is 0 Å². The molecule has 0 bridgehead atoms. The molecule has 0 heterocycles. The van der Waals surface area contributed by atoms with Crippen LogP contribution in [-0.4, -0.2) is 10.6 Å². The predicted octanol–water partition coefficient (Wildman–Crippen LogP) is -2.33. The maximum absolute atomic E-state index is 2.62. The molecule has 0 aromatic rings. The number of rotatable bonds is 3. The molecule has 2 rings (SSSR count). The largest absolute Gasteiger partial charge is 1.00 e. The third-order valence-corrected chi connectivity index (χ3v) is 47.8. The van der Waals surface area contributed by atoms with Gasteiger partial charge < -0.3 is 24.8 Å². The number of allylic oxidation sites excluding steroid dienone is 8. The van der Waals surface area contributed by atoms with Gasteiger partial charge in [-0.3, -0.25) is 0 Å². The standard InChI is InChI=1S/C6H7.C5H5.C2H7Ge.2ClH.Hf/c1-6-4-2-3-5-6;1-2-4-5-3-1;1-3-2;;;/h2,4H,3H2,1H3;1-3H,4H2;3H,1-2H3;2*1H;/q;;;;;+2/p-2. The average Bonchev–Trinajstić information content (AvgIpc) is 2.79. The summed E-state index contributed by atoms with van der Waals surface area (Å²) in [6.07, 6.45) is 14.4. The second kappa shape index (κ2) is 8.19. The van der Waals surface area contributed by atoms with E-state index < -0.39 is 29.6 Å². The van der Waals surface area contributed by atoms with Gasteiger partial charge in [-0.25, -0.2) is 0 Å². The van der Waals surface area contributed by atoms with Gasteiger partial charge in [0.2, 0.25) is 0 Å². The fourth-order valence-electron chi connectivity index (χ4n) is 2.50. The molecule has 0 aliphatic heterocycles. The summed E-state index contributed by atoms with van der Waals surface area (Å²) in [6, 6.07) is 0. The van der Waals surface area contributed by atoms with Crippen LogP contribution in [-0.2, 0) is 19.0 Å². The maximum atomic E-state index is 2.62. The Morgan fingerprint density at radius 3 is 2.24 bits per heavy atom. The van der Waals surface area contributed by atoms with E-state index in [0.717, 1.165) is 0 Å². The summed E-state index contributed by atoms with van der Waals surface area (Å²) in [6.45, 7) is 2.33. The van der Waals surface area contributed by atoms with E-state index in [4.69, 9.17) is 0 Å². The molecule has 0 aromatic carbocycles. The zero-order valence-electron chi connectivity index (χ0n) is 10.6. The van der Waals surface area contributed by atoms with Gasteiger partial charge in [-0.2, -0.15) is 0 Å². The zero-order valence-corrected chi connectivity index (χ0v) is 18.2. The Kier molecular flexibility index (Phi) is 8.65. The van der Waals surface area contributed by atoms with Gasteiger partial charge in [0, 0.05) is 0 Å². The normalized spacial score (nSPS) is 17.1. The van der Waals surface area contributed by atoms with Gasteiger partial charge in [-0.05, 0) is 0 Å². The van der Waals surface area contributed by atoms with Gasteiger partial charge in [0.1, 0.15) is 0 Å². The van der Waals surface area contributed by atoms with E-state index in [-0.39, 0.29) is 24.8 Å². The Bertz CT molecular complexity index is 381. The topological polar surface area (TPSA) is 0 Å². The van der Waals surface area contributed by atoms with Gasteiger partial charge >= 0.3 is 103 Å². The first-order valence-electron chi connectivity index (χ1n) is 5.79. The van der Waals surface area contributed by atoms with Crippen molar-refractivity contribution >= 4 is 10.6 Å². The molecule has 0 saturated heterocycles. The molecule has 93 valence electrons. The molecular weight excluding hydrogens is 478 g/mol. The minimum atomic E-state index is -1.48. The molecule has 0 N–H and O–H groups in total. The maximum Gasteiger partial charge on any atom is -1.00 e. The molecule has 0 spiro atoms. The summed E-state index contributed by atoms with van der Waals surface area (Å²) < 4.78 is 3.83. The summed E-state index contributed by atoms with van der Waals surface area (Å²) in [7, 11) is -0.894. The number of hydrogen-bond acceptors (Lipinski definition) is 0. The summed E-state index contributed by atoms with van der Waals surface area (Å²) >= 11 is -1.48. The van der Waals surface area contributed by atoms with E-state index >= 15 is 0 Å². The van der Waals surface area contributed by atoms with Crippen LogP contribution in [0.1, 0.15) is 19.8 Å². The van der Waals surface area contributed by atoms with Crippen molar-refractivity contribution < 1.29 is 43.8 Å². The van der Waals surface area contributed by atoms with Crippen LogP contribution in [0.15, 0.2) is 42.6 Å². The van der Waals surface area contributed by atoms with Gasteiger partial charge in [-0.1, -0.05) is 0 Å². The monoisotopic (exact) mass is 499 g/mol. The summed E-state index contributed by atoms with van der Waals surface area (Å²) in [4.78, 5) is 0. The quantitative estimate of drug-likeness (QED) is 0.385. The Balaban J connectivity index is 0.00000128. The van der Waals surface area contributed by atoms with Gasteiger partial charge in [0.15, 0.2) is 0 Å². The third kappa shape index (κ3) is 4.22. The fraction of sp³-hybridized carbons (Fsp3) is 0.385. The van der Waals surface area contributed by atoms with Crippen LogP contribution in [0.25, 0.3) is 0 Å². The van der Waals surface area contributed by atoms with E-state index in [0.29, 0.717) is 0 Å². The average molecular weight is 497 g/mol. The van der Waals surface area contributed by atoms with Crippen molar-refractivity contribution in [2.24, 2.45) is 0 Å². The molecule has 0 aromatic heterocycles. The summed E-state index contributed by atoms with van der Waals surface area (Å²) in [5, 5.41) is 0. The molecule has 2 aliphatic carbocycles. The Labute approximate surface area is 127 Å². The minimum Gasteiger partial charge on any atom is -1.00 e. The van der Waals surface area contributed by atoms with Crippen molar-refractivity contribution in [1.29, 1.82) is 0 Å². The minimum absolute atomic E-state index is 0. The van der Waals surface area contributed by atoms with E-state index in [2.05, 4.69) is 48.8 Å². The molecule has 17 heavy (non-hydrogen) atoms. The van der Waals surface area contributed by atoms with Crippen molar-refractivity contribution in [1.82, 2.24) is 0 Å². The van der Waals surface area contributed by atoms with E-state index in [9.17, 15) is 0 Å². The van der Waals surface area contributed by atoms with Crippen molar-refractivity contribution in [2.45, 2.75) is 31.3 Å². The number of halogens is 2. The molecule has 0 unspecified atom stereocenters. The van der Waals surface area contributed by atoms with Crippen LogP contribution in [0, 0.1) is 0 Å². The second-order valence-corrected chi connectivity index (χ2v) is 48.4. The molecule has 2 aliphatic rings. The molecule has 0 saturated carbocycles. The third-order valence-electron chi connectivity index (χ3n) is 3.19. The summed E-state index contributed by atoms with van der Waals surface area (Å²) in [5.41, 5.74) is 1.63. The van der Waals surface area contributed by atoms with E-state index in [1.165, 1.54) is 12.8 Å². The van der Waals surface area contributed by atoms with Crippen molar-refractivity contribution in [3.05, 3.63) is 42.6 Å². The van der Waals surface area contributed by atoms with Gasteiger partial charge in [0.05, 0.1) is 0 Å². The van der Waals surface area contributed by atoms with E-state index in [1.54, 1.807) is 5.57 Å². The molecule has 4 heteroatoms. The van der Waals surface area contributed by atoms with Crippen LogP contribution >= 0.6 is 0 Å². The Morgan fingerprint density at radius 1 is 1.12 bits per heavy atom. The predicted molar refractivity (Wildman–Crippen MR) is 67.2 cm³/mol. The second-order valence-electron chi connectivity index (χ2n) is 4.66. The van der Waals surface area contributed by atoms with Crippen LogP contribution in [0.3, 0.4) is 0 Å². The Hall–Kier alpha value is 0.953. The van der Waals surface area contributed by atoms with Crippen LogP contribution in [0.5, 0.6) is 0 Å². The molecule has 0 fully saturated rings. The first kappa shape index (κ1) is 18.0. The smallest absolute Gasteiger partial charge is 1.00 e. The zero-order chi connectivity index (χ0) is 10.8. The molecule has 0 nitrogen and oxygen atoms in total. The number of hydrogen-bond donors (Lipinski definition) is 0.